The summed E-state index contributed by atoms with van der Waals surface area (Å²) in [5.41, 5.74) is 3.88. The molecular formula is C17H18N6O. The van der Waals surface area contributed by atoms with Gasteiger partial charge >= 0.3 is 0 Å². The number of aromatic amines is 1. The van der Waals surface area contributed by atoms with E-state index in [1.54, 1.807) is 11.2 Å². The molecule has 2 N–H and O–H groups in total. The molecule has 3 aromatic rings. The fraction of sp³-hybridized carbons (Fsp3) is 0.294. The van der Waals surface area contributed by atoms with Crippen molar-refractivity contribution in [2.75, 3.05) is 18.5 Å². The van der Waals surface area contributed by atoms with Crippen LogP contribution < -0.4 is 10.2 Å². The second-order valence-corrected chi connectivity index (χ2v) is 6.01. The molecule has 1 aliphatic rings. The van der Waals surface area contributed by atoms with Crippen LogP contribution in [0.3, 0.4) is 0 Å². The zero-order chi connectivity index (χ0) is 16.5. The molecule has 2 heterocycles. The first-order valence-corrected chi connectivity index (χ1v) is 7.95. The molecule has 2 aromatic heterocycles. The van der Waals surface area contributed by atoms with Crippen LogP contribution in [0.25, 0.3) is 11.2 Å². The van der Waals surface area contributed by atoms with Crippen LogP contribution >= 0.6 is 0 Å². The Morgan fingerprint density at radius 2 is 2.21 bits per heavy atom. The Hall–Kier alpha value is -2.96. The Balaban J connectivity index is 1.46. The van der Waals surface area contributed by atoms with E-state index in [1.165, 1.54) is 17.5 Å². The maximum Gasteiger partial charge on any atom is 0.240 e. The summed E-state index contributed by atoms with van der Waals surface area (Å²) in [7, 11) is 1.84. The molecule has 7 heteroatoms. The van der Waals surface area contributed by atoms with Crippen LogP contribution in [0.1, 0.15) is 23.6 Å². The molecule has 0 radical (unpaired) electrons. The zero-order valence-corrected chi connectivity index (χ0v) is 13.4. The van der Waals surface area contributed by atoms with E-state index in [-0.39, 0.29) is 18.5 Å². The van der Waals surface area contributed by atoms with Crippen LogP contribution in [0.15, 0.2) is 36.9 Å². The van der Waals surface area contributed by atoms with Gasteiger partial charge in [-0.25, -0.2) is 15.0 Å². The van der Waals surface area contributed by atoms with Crippen molar-refractivity contribution in [2.45, 2.75) is 18.9 Å². The van der Waals surface area contributed by atoms with Gasteiger partial charge in [0.1, 0.15) is 11.8 Å². The van der Waals surface area contributed by atoms with Gasteiger partial charge < -0.3 is 15.2 Å². The van der Waals surface area contributed by atoms with Crippen molar-refractivity contribution in [1.29, 1.82) is 0 Å². The number of nitrogens with zero attached hydrogens (tertiary/aromatic N) is 4. The Morgan fingerprint density at radius 1 is 1.33 bits per heavy atom. The van der Waals surface area contributed by atoms with E-state index < -0.39 is 0 Å². The number of hydrogen-bond acceptors (Lipinski definition) is 5. The first-order valence-electron chi connectivity index (χ1n) is 7.95. The molecule has 0 spiro atoms. The lowest BCUT2D eigenvalue weighted by Gasteiger charge is -2.20. The standard InChI is InChI=1S/C17H18N6O/c1-23(17-15-16(19-9-18-15)20-10-21-17)8-14(24)22-13-7-6-11-4-2-3-5-12(11)13/h2-5,9-10,13H,6-8H2,1H3,(H,22,24)(H,18,19,20,21). The Kier molecular flexibility index (Phi) is 3.60. The van der Waals surface area contributed by atoms with Gasteiger partial charge in [0.25, 0.3) is 0 Å². The van der Waals surface area contributed by atoms with E-state index >= 15 is 0 Å². The van der Waals surface area contributed by atoms with Gasteiger partial charge in [-0.1, -0.05) is 24.3 Å². The van der Waals surface area contributed by atoms with Crippen molar-refractivity contribution >= 4 is 22.9 Å². The summed E-state index contributed by atoms with van der Waals surface area (Å²) >= 11 is 0. The average Bonchev–Trinajstić information content (AvgIpc) is 3.21. The summed E-state index contributed by atoms with van der Waals surface area (Å²) in [6.07, 6.45) is 5.00. The number of likely N-dealkylation sites (N-methyl/N-ethyl adjacent to an activating group) is 1. The van der Waals surface area contributed by atoms with E-state index in [1.807, 2.05) is 19.2 Å². The number of imidazole rings is 1. The number of fused-ring (bicyclic) bond motifs is 2. The van der Waals surface area contributed by atoms with Crippen LogP contribution in [0.2, 0.25) is 0 Å². The number of hydrogen-bond donors (Lipinski definition) is 2. The van der Waals surface area contributed by atoms with Crippen LogP contribution in [0.5, 0.6) is 0 Å². The largest absolute Gasteiger partial charge is 0.348 e. The molecule has 0 saturated carbocycles. The summed E-state index contributed by atoms with van der Waals surface area (Å²) in [5.74, 6) is 0.643. The SMILES string of the molecule is CN(CC(=O)NC1CCc2ccccc21)c1ncnc2nc[nH]c12. The number of H-pyrrole nitrogens is 1. The van der Waals surface area contributed by atoms with Gasteiger partial charge in [0.15, 0.2) is 11.5 Å². The van der Waals surface area contributed by atoms with Crippen LogP contribution in [0.4, 0.5) is 5.82 Å². The average molecular weight is 322 g/mol. The highest BCUT2D eigenvalue weighted by Crippen LogP contribution is 2.30. The molecule has 4 rings (SSSR count). The smallest absolute Gasteiger partial charge is 0.240 e. The maximum absolute atomic E-state index is 12.4. The molecule has 1 aliphatic carbocycles. The molecule has 1 aromatic carbocycles. The third kappa shape index (κ3) is 2.58. The van der Waals surface area contributed by atoms with E-state index in [2.05, 4.69) is 37.4 Å². The minimum Gasteiger partial charge on any atom is -0.348 e. The minimum atomic E-state index is -0.0227. The van der Waals surface area contributed by atoms with E-state index in [9.17, 15) is 4.79 Å². The molecule has 0 saturated heterocycles. The number of carbonyl (C=O) groups excluding carboxylic acids is 1. The van der Waals surface area contributed by atoms with Crippen molar-refractivity contribution in [3.05, 3.63) is 48.0 Å². The highest BCUT2D eigenvalue weighted by molar-refractivity contribution is 5.87. The normalized spacial score (nSPS) is 16.1. The number of aryl methyl sites for hydroxylation is 1. The third-order valence-corrected chi connectivity index (χ3v) is 4.41. The van der Waals surface area contributed by atoms with Crippen molar-refractivity contribution in [3.8, 4) is 0 Å². The van der Waals surface area contributed by atoms with Gasteiger partial charge in [-0.3, -0.25) is 4.79 Å². The lowest BCUT2D eigenvalue weighted by Crippen LogP contribution is -2.37. The van der Waals surface area contributed by atoms with Gasteiger partial charge in [-0.2, -0.15) is 0 Å². The Morgan fingerprint density at radius 3 is 3.12 bits per heavy atom. The summed E-state index contributed by atoms with van der Waals surface area (Å²) < 4.78 is 0. The monoisotopic (exact) mass is 322 g/mol. The van der Waals surface area contributed by atoms with E-state index in [4.69, 9.17) is 0 Å². The summed E-state index contributed by atoms with van der Waals surface area (Å²) in [6.45, 7) is 0.226. The second-order valence-electron chi connectivity index (χ2n) is 6.01. The number of anilines is 1. The predicted molar refractivity (Wildman–Crippen MR) is 90.6 cm³/mol. The summed E-state index contributed by atoms with van der Waals surface area (Å²) in [4.78, 5) is 29.7. The first-order chi connectivity index (χ1) is 11.7. The number of amides is 1. The summed E-state index contributed by atoms with van der Waals surface area (Å²) in [5, 5.41) is 3.13. The maximum atomic E-state index is 12.4. The van der Waals surface area contributed by atoms with Crippen molar-refractivity contribution in [3.63, 3.8) is 0 Å². The highest BCUT2D eigenvalue weighted by atomic mass is 16.2. The van der Waals surface area contributed by atoms with Crippen LogP contribution in [-0.2, 0) is 11.2 Å². The minimum absolute atomic E-state index is 0.0227. The molecule has 122 valence electrons. The van der Waals surface area contributed by atoms with Crippen molar-refractivity contribution in [1.82, 2.24) is 25.3 Å². The second kappa shape index (κ2) is 5.92. The van der Waals surface area contributed by atoms with Gasteiger partial charge in [-0.05, 0) is 24.0 Å². The Labute approximate surface area is 139 Å². The third-order valence-electron chi connectivity index (χ3n) is 4.41. The molecule has 0 fully saturated rings. The molecule has 0 bridgehead atoms. The van der Waals surface area contributed by atoms with Crippen LogP contribution in [-0.4, -0.2) is 39.4 Å². The number of benzene rings is 1. The quantitative estimate of drug-likeness (QED) is 0.762. The fourth-order valence-electron chi connectivity index (χ4n) is 3.28. The number of aromatic nitrogens is 4. The molecule has 1 amide bonds. The lowest BCUT2D eigenvalue weighted by atomic mass is 10.1. The van der Waals surface area contributed by atoms with E-state index in [0.717, 1.165) is 18.4 Å². The van der Waals surface area contributed by atoms with Crippen molar-refractivity contribution < 1.29 is 4.79 Å². The molecule has 1 unspecified atom stereocenters. The van der Waals surface area contributed by atoms with E-state index in [0.29, 0.717) is 11.5 Å². The Bertz CT molecular complexity index is 889. The number of nitrogens with one attached hydrogen (secondary N) is 2. The zero-order valence-electron chi connectivity index (χ0n) is 13.4. The van der Waals surface area contributed by atoms with Gasteiger partial charge in [-0.15, -0.1) is 0 Å². The molecule has 24 heavy (non-hydrogen) atoms. The fourth-order valence-corrected chi connectivity index (χ4v) is 3.28. The first kappa shape index (κ1) is 14.6. The number of rotatable bonds is 4. The molecule has 1 atom stereocenters. The molecule has 0 aliphatic heterocycles. The predicted octanol–water partition coefficient (Wildman–Crippen LogP) is 1.59. The molecular weight excluding hydrogens is 304 g/mol. The molecule has 7 nitrogen and oxygen atoms in total. The van der Waals surface area contributed by atoms with Gasteiger partial charge in [0.2, 0.25) is 5.91 Å². The topological polar surface area (TPSA) is 86.8 Å². The summed E-state index contributed by atoms with van der Waals surface area (Å²) in [6, 6.07) is 8.38. The number of carbonyl (C=O) groups is 1. The van der Waals surface area contributed by atoms with Crippen molar-refractivity contribution in [2.24, 2.45) is 0 Å². The van der Waals surface area contributed by atoms with Gasteiger partial charge in [0, 0.05) is 7.05 Å². The highest BCUT2D eigenvalue weighted by Gasteiger charge is 2.24. The van der Waals surface area contributed by atoms with Crippen LogP contribution in [0, 0.1) is 0 Å². The lowest BCUT2D eigenvalue weighted by molar-refractivity contribution is -0.120. The van der Waals surface area contributed by atoms with Gasteiger partial charge in [0.05, 0.1) is 18.9 Å².